The first kappa shape index (κ1) is 16.5. The summed E-state index contributed by atoms with van der Waals surface area (Å²) in [6.07, 6.45) is 2.58. The normalized spacial score (nSPS) is 13.7. The van der Waals surface area contributed by atoms with Crippen LogP contribution in [0.3, 0.4) is 0 Å². The highest BCUT2D eigenvalue weighted by atomic mass is 35.5. The lowest BCUT2D eigenvalue weighted by atomic mass is 10.1. The topological polar surface area (TPSA) is 37.4 Å². The molecule has 1 atom stereocenters. The fourth-order valence-corrected chi connectivity index (χ4v) is 3.33. The van der Waals surface area contributed by atoms with E-state index in [-0.39, 0.29) is 6.04 Å². The Balaban J connectivity index is 2.90. The first-order valence-electron chi connectivity index (χ1n) is 6.56. The number of hydrogen-bond acceptors (Lipinski definition) is 2. The van der Waals surface area contributed by atoms with E-state index in [0.717, 1.165) is 24.8 Å². The molecule has 1 aromatic rings. The van der Waals surface area contributed by atoms with Gasteiger partial charge in [0.25, 0.3) is 0 Å². The fourth-order valence-electron chi connectivity index (χ4n) is 1.76. The maximum atomic E-state index is 12.4. The summed E-state index contributed by atoms with van der Waals surface area (Å²) < 4.78 is 26.2. The van der Waals surface area contributed by atoms with Gasteiger partial charge in [0.15, 0.2) is 0 Å². The molecule has 0 bridgehead atoms. The van der Waals surface area contributed by atoms with Crippen LogP contribution in [0.1, 0.15) is 32.3 Å². The number of sulfonamides is 1. The molecule has 0 saturated heterocycles. The van der Waals surface area contributed by atoms with Gasteiger partial charge in [0, 0.05) is 19.0 Å². The molecule has 108 valence electrons. The molecule has 1 aromatic carbocycles. The molecule has 0 heterocycles. The molecule has 1 unspecified atom stereocenters. The van der Waals surface area contributed by atoms with Crippen molar-refractivity contribution in [2.45, 2.75) is 44.0 Å². The average Bonchev–Trinajstić information content (AvgIpc) is 2.43. The van der Waals surface area contributed by atoms with Crippen molar-refractivity contribution in [3.05, 3.63) is 29.8 Å². The van der Waals surface area contributed by atoms with Crippen molar-refractivity contribution < 1.29 is 8.42 Å². The Hall–Kier alpha value is -0.580. The van der Waals surface area contributed by atoms with E-state index in [9.17, 15) is 8.42 Å². The first-order chi connectivity index (χ1) is 8.93. The zero-order valence-electron chi connectivity index (χ0n) is 11.8. The highest BCUT2D eigenvalue weighted by Gasteiger charge is 2.24. The largest absolute Gasteiger partial charge is 0.243 e. The molecule has 0 N–H and O–H groups in total. The molecule has 0 radical (unpaired) electrons. The van der Waals surface area contributed by atoms with Crippen LogP contribution in [0.5, 0.6) is 0 Å². The summed E-state index contributed by atoms with van der Waals surface area (Å²) in [5, 5.41) is 0. The van der Waals surface area contributed by atoms with Crippen LogP contribution >= 0.6 is 11.6 Å². The summed E-state index contributed by atoms with van der Waals surface area (Å²) in [6, 6.07) is 7.09. The molecule has 0 aromatic heterocycles. The van der Waals surface area contributed by atoms with Crippen LogP contribution in [0.15, 0.2) is 29.2 Å². The zero-order chi connectivity index (χ0) is 14.5. The van der Waals surface area contributed by atoms with Crippen molar-refractivity contribution in [2.24, 2.45) is 0 Å². The van der Waals surface area contributed by atoms with Crippen LogP contribution in [0, 0.1) is 0 Å². The van der Waals surface area contributed by atoms with E-state index >= 15 is 0 Å². The van der Waals surface area contributed by atoms with Gasteiger partial charge in [-0.2, -0.15) is 4.31 Å². The summed E-state index contributed by atoms with van der Waals surface area (Å²) in [4.78, 5) is 0.352. The molecule has 0 fully saturated rings. The predicted molar refractivity (Wildman–Crippen MR) is 80.2 cm³/mol. The van der Waals surface area contributed by atoms with Gasteiger partial charge >= 0.3 is 0 Å². The number of benzene rings is 1. The van der Waals surface area contributed by atoms with Gasteiger partial charge in [-0.1, -0.05) is 19.1 Å². The lowest BCUT2D eigenvalue weighted by Gasteiger charge is -2.23. The molecule has 3 nitrogen and oxygen atoms in total. The highest BCUT2D eigenvalue weighted by molar-refractivity contribution is 7.89. The number of nitrogens with zero attached hydrogens (tertiary/aromatic N) is 1. The third-order valence-electron chi connectivity index (χ3n) is 3.41. The molecule has 0 aliphatic heterocycles. The monoisotopic (exact) mass is 303 g/mol. The minimum absolute atomic E-state index is 0.000856. The summed E-state index contributed by atoms with van der Waals surface area (Å²) >= 11 is 5.65. The second-order valence-corrected chi connectivity index (χ2v) is 7.09. The number of halogens is 1. The molecular weight excluding hydrogens is 282 g/mol. The van der Waals surface area contributed by atoms with E-state index in [1.807, 2.05) is 26.0 Å². The second kappa shape index (κ2) is 7.27. The Morgan fingerprint density at radius 2 is 1.84 bits per heavy atom. The molecular formula is C14H22ClNO2S. The number of rotatable bonds is 7. The number of alkyl halides is 1. The third-order valence-corrected chi connectivity index (χ3v) is 5.66. The van der Waals surface area contributed by atoms with E-state index < -0.39 is 10.0 Å². The standard InChI is InChI=1S/C14H22ClNO2S/c1-4-12(2)16(3)19(17,18)14-9-7-13(8-10-14)6-5-11-15/h7-10,12H,4-6,11H2,1-3H3. The van der Waals surface area contributed by atoms with Crippen LogP contribution in [-0.4, -0.2) is 31.7 Å². The van der Waals surface area contributed by atoms with Crippen molar-refractivity contribution in [3.63, 3.8) is 0 Å². The van der Waals surface area contributed by atoms with Gasteiger partial charge < -0.3 is 0 Å². The van der Waals surface area contributed by atoms with Crippen molar-refractivity contribution in [2.75, 3.05) is 12.9 Å². The molecule has 19 heavy (non-hydrogen) atoms. The van der Waals surface area contributed by atoms with Crippen LogP contribution < -0.4 is 0 Å². The Labute approximate surface area is 121 Å². The SMILES string of the molecule is CCC(C)N(C)S(=O)(=O)c1ccc(CCCCl)cc1. The summed E-state index contributed by atoms with van der Waals surface area (Å²) in [5.41, 5.74) is 1.12. The van der Waals surface area contributed by atoms with Gasteiger partial charge in [-0.25, -0.2) is 8.42 Å². The van der Waals surface area contributed by atoms with E-state index in [2.05, 4.69) is 0 Å². The van der Waals surface area contributed by atoms with Gasteiger partial charge in [0.2, 0.25) is 10.0 Å². The van der Waals surface area contributed by atoms with Crippen LogP contribution in [0.2, 0.25) is 0 Å². The minimum atomic E-state index is -3.38. The van der Waals surface area contributed by atoms with E-state index in [1.165, 1.54) is 4.31 Å². The molecule has 5 heteroatoms. The average molecular weight is 304 g/mol. The van der Waals surface area contributed by atoms with Gasteiger partial charge in [-0.15, -0.1) is 11.6 Å². The Bertz CT molecular complexity index is 485. The lowest BCUT2D eigenvalue weighted by Crippen LogP contribution is -2.34. The fraction of sp³-hybridized carbons (Fsp3) is 0.571. The molecule has 0 spiro atoms. The number of aryl methyl sites for hydroxylation is 1. The minimum Gasteiger partial charge on any atom is -0.207 e. The van der Waals surface area contributed by atoms with Crippen molar-refractivity contribution in [1.29, 1.82) is 0 Å². The van der Waals surface area contributed by atoms with Gasteiger partial charge in [0.1, 0.15) is 0 Å². The van der Waals surface area contributed by atoms with Crippen LogP contribution in [0.4, 0.5) is 0 Å². The molecule has 0 aliphatic carbocycles. The molecule has 0 amide bonds. The number of hydrogen-bond donors (Lipinski definition) is 0. The quantitative estimate of drug-likeness (QED) is 0.725. The molecule has 0 aliphatic rings. The maximum absolute atomic E-state index is 12.4. The predicted octanol–water partition coefficient (Wildman–Crippen LogP) is 3.28. The van der Waals surface area contributed by atoms with E-state index in [1.54, 1.807) is 19.2 Å². The van der Waals surface area contributed by atoms with Gasteiger partial charge in [-0.3, -0.25) is 0 Å². The third kappa shape index (κ3) is 4.20. The van der Waals surface area contributed by atoms with Crippen molar-refractivity contribution >= 4 is 21.6 Å². The van der Waals surface area contributed by atoms with Crippen molar-refractivity contribution in [1.82, 2.24) is 4.31 Å². The lowest BCUT2D eigenvalue weighted by molar-refractivity contribution is 0.380. The Morgan fingerprint density at radius 3 is 2.32 bits per heavy atom. The molecule has 0 saturated carbocycles. The smallest absolute Gasteiger partial charge is 0.207 e. The maximum Gasteiger partial charge on any atom is 0.243 e. The summed E-state index contributed by atoms with van der Waals surface area (Å²) in [7, 11) is -1.75. The van der Waals surface area contributed by atoms with E-state index in [4.69, 9.17) is 11.6 Å². The van der Waals surface area contributed by atoms with Crippen LogP contribution in [-0.2, 0) is 16.4 Å². The summed E-state index contributed by atoms with van der Waals surface area (Å²) in [5.74, 6) is 0.622. The summed E-state index contributed by atoms with van der Waals surface area (Å²) in [6.45, 7) is 3.89. The zero-order valence-corrected chi connectivity index (χ0v) is 13.3. The Kier molecular flexibility index (Phi) is 6.30. The van der Waals surface area contributed by atoms with Gasteiger partial charge in [-0.05, 0) is 43.9 Å². The highest BCUT2D eigenvalue weighted by Crippen LogP contribution is 2.18. The van der Waals surface area contributed by atoms with E-state index in [0.29, 0.717) is 10.8 Å². The van der Waals surface area contributed by atoms with Gasteiger partial charge in [0.05, 0.1) is 4.90 Å². The first-order valence-corrected chi connectivity index (χ1v) is 8.53. The Morgan fingerprint density at radius 1 is 1.26 bits per heavy atom. The second-order valence-electron chi connectivity index (χ2n) is 4.72. The molecule has 1 rings (SSSR count). The van der Waals surface area contributed by atoms with Crippen LogP contribution in [0.25, 0.3) is 0 Å². The van der Waals surface area contributed by atoms with Crippen molar-refractivity contribution in [3.8, 4) is 0 Å².